The Bertz CT molecular complexity index is 407. The summed E-state index contributed by atoms with van der Waals surface area (Å²) in [5.41, 5.74) is 0.835. The Balaban J connectivity index is 2.55. The Hall–Kier alpha value is -1.07. The van der Waals surface area contributed by atoms with Gasteiger partial charge in [-0.2, -0.15) is 0 Å². The van der Waals surface area contributed by atoms with Gasteiger partial charge in [0.1, 0.15) is 5.75 Å². The number of aliphatic hydroxyl groups is 1. The zero-order chi connectivity index (χ0) is 13.5. The molecule has 1 aromatic carbocycles. The summed E-state index contributed by atoms with van der Waals surface area (Å²) in [6.45, 7) is 2.18. The highest BCUT2D eigenvalue weighted by atomic mass is 79.9. The lowest BCUT2D eigenvalue weighted by atomic mass is 10.1. The predicted octanol–water partition coefficient (Wildman–Crippen LogP) is 1.89. The van der Waals surface area contributed by atoms with E-state index in [2.05, 4.69) is 21.2 Å². The lowest BCUT2D eigenvalue weighted by Crippen LogP contribution is -2.28. The van der Waals surface area contributed by atoms with Crippen LogP contribution in [0.2, 0.25) is 0 Å². The van der Waals surface area contributed by atoms with Crippen molar-refractivity contribution in [2.45, 2.75) is 25.9 Å². The number of hydrogen-bond donors (Lipinski definition) is 2. The number of aliphatic hydroxyl groups excluding tert-OH is 1. The molecule has 1 unspecified atom stereocenters. The zero-order valence-electron chi connectivity index (χ0n) is 10.6. The van der Waals surface area contributed by atoms with Crippen LogP contribution in [0.3, 0.4) is 0 Å². The highest BCUT2D eigenvalue weighted by Crippen LogP contribution is 2.23. The number of ether oxygens (including phenoxy) is 1. The third-order valence-corrected chi connectivity index (χ3v) is 2.97. The van der Waals surface area contributed by atoms with Crippen molar-refractivity contribution in [3.05, 3.63) is 28.2 Å². The predicted molar refractivity (Wildman–Crippen MR) is 73.7 cm³/mol. The van der Waals surface area contributed by atoms with Crippen LogP contribution in [0.5, 0.6) is 5.75 Å². The number of carbonyl (C=O) groups excluding carboxylic acids is 1. The minimum atomic E-state index is -0.397. The smallest absolute Gasteiger partial charge is 0.224 e. The average Bonchev–Trinajstić information content (AvgIpc) is 2.28. The van der Waals surface area contributed by atoms with E-state index in [1.165, 1.54) is 0 Å². The summed E-state index contributed by atoms with van der Waals surface area (Å²) in [5, 5.41) is 11.9. The standard InChI is InChI=1S/C13H18BrNO3/c1-9(16)5-6-15-13(17)8-10-7-11(14)3-4-12(10)18-2/h3-4,7,9,16H,5-6,8H2,1-2H3,(H,15,17). The second-order valence-electron chi connectivity index (χ2n) is 4.12. The Morgan fingerprint density at radius 1 is 1.56 bits per heavy atom. The molecule has 0 aliphatic rings. The van der Waals surface area contributed by atoms with Gasteiger partial charge in [-0.05, 0) is 31.5 Å². The molecule has 0 aromatic heterocycles. The first-order chi connectivity index (χ1) is 8.52. The third-order valence-electron chi connectivity index (χ3n) is 2.48. The summed E-state index contributed by atoms with van der Waals surface area (Å²) in [7, 11) is 1.58. The molecule has 0 heterocycles. The van der Waals surface area contributed by atoms with Crippen molar-refractivity contribution < 1.29 is 14.6 Å². The molecular weight excluding hydrogens is 298 g/mol. The lowest BCUT2D eigenvalue weighted by Gasteiger charge is -2.10. The third kappa shape index (κ3) is 5.06. The van der Waals surface area contributed by atoms with Gasteiger partial charge >= 0.3 is 0 Å². The summed E-state index contributed by atoms with van der Waals surface area (Å²) < 4.78 is 6.12. The minimum absolute atomic E-state index is 0.0768. The van der Waals surface area contributed by atoms with E-state index in [0.717, 1.165) is 10.0 Å². The van der Waals surface area contributed by atoms with Crippen LogP contribution < -0.4 is 10.1 Å². The van der Waals surface area contributed by atoms with Crippen LogP contribution in [0.1, 0.15) is 18.9 Å². The number of nitrogens with one attached hydrogen (secondary N) is 1. The molecule has 1 amide bonds. The number of benzene rings is 1. The minimum Gasteiger partial charge on any atom is -0.496 e. The summed E-state index contributed by atoms with van der Waals surface area (Å²) in [5.74, 6) is 0.621. The van der Waals surface area contributed by atoms with E-state index in [9.17, 15) is 4.79 Å². The van der Waals surface area contributed by atoms with Gasteiger partial charge in [0.25, 0.3) is 0 Å². The molecule has 0 fully saturated rings. The molecule has 0 spiro atoms. The summed E-state index contributed by atoms with van der Waals surface area (Å²) in [6.07, 6.45) is 0.426. The van der Waals surface area contributed by atoms with Gasteiger partial charge in [0, 0.05) is 16.6 Å². The van der Waals surface area contributed by atoms with Gasteiger partial charge < -0.3 is 15.2 Å². The van der Waals surface area contributed by atoms with E-state index in [1.807, 2.05) is 18.2 Å². The van der Waals surface area contributed by atoms with E-state index >= 15 is 0 Å². The highest BCUT2D eigenvalue weighted by molar-refractivity contribution is 9.10. The SMILES string of the molecule is COc1ccc(Br)cc1CC(=O)NCCC(C)O. The molecule has 0 saturated carbocycles. The number of rotatable bonds is 6. The van der Waals surface area contributed by atoms with Gasteiger partial charge in [-0.3, -0.25) is 4.79 Å². The molecule has 5 heteroatoms. The van der Waals surface area contributed by atoms with Crippen molar-refractivity contribution in [1.82, 2.24) is 5.32 Å². The monoisotopic (exact) mass is 315 g/mol. The molecule has 18 heavy (non-hydrogen) atoms. The summed E-state index contributed by atoms with van der Waals surface area (Å²) in [6, 6.07) is 5.56. The van der Waals surface area contributed by atoms with Gasteiger partial charge in [-0.25, -0.2) is 0 Å². The summed E-state index contributed by atoms with van der Waals surface area (Å²) in [4.78, 5) is 11.7. The van der Waals surface area contributed by atoms with Gasteiger partial charge in [-0.15, -0.1) is 0 Å². The van der Waals surface area contributed by atoms with Crippen molar-refractivity contribution in [2.24, 2.45) is 0 Å². The van der Waals surface area contributed by atoms with Gasteiger partial charge in [0.2, 0.25) is 5.91 Å². The first kappa shape index (κ1) is 15.0. The van der Waals surface area contributed by atoms with Crippen molar-refractivity contribution in [3.8, 4) is 5.75 Å². The number of halogens is 1. The van der Waals surface area contributed by atoms with Crippen LogP contribution in [-0.4, -0.2) is 30.8 Å². The van der Waals surface area contributed by atoms with Crippen LogP contribution >= 0.6 is 15.9 Å². The molecule has 1 rings (SSSR count). The van der Waals surface area contributed by atoms with Gasteiger partial charge in [-0.1, -0.05) is 15.9 Å². The van der Waals surface area contributed by atoms with E-state index in [-0.39, 0.29) is 12.3 Å². The number of amides is 1. The quantitative estimate of drug-likeness (QED) is 0.842. The Kier molecular flexibility index (Phi) is 6.15. The van der Waals surface area contributed by atoms with E-state index in [4.69, 9.17) is 9.84 Å². The largest absolute Gasteiger partial charge is 0.496 e. The Morgan fingerprint density at radius 3 is 2.89 bits per heavy atom. The molecular formula is C13H18BrNO3. The van der Waals surface area contributed by atoms with Crippen LogP contribution in [0.4, 0.5) is 0 Å². The highest BCUT2D eigenvalue weighted by Gasteiger charge is 2.09. The summed E-state index contributed by atoms with van der Waals surface area (Å²) >= 11 is 3.37. The molecule has 0 radical (unpaired) electrons. The van der Waals surface area contributed by atoms with Crippen molar-refractivity contribution in [2.75, 3.05) is 13.7 Å². The second kappa shape index (κ2) is 7.38. The number of carbonyl (C=O) groups is 1. The van der Waals surface area contributed by atoms with E-state index < -0.39 is 6.10 Å². The number of methoxy groups -OCH3 is 1. The van der Waals surface area contributed by atoms with Crippen LogP contribution in [-0.2, 0) is 11.2 Å². The molecule has 0 bridgehead atoms. The normalized spacial score (nSPS) is 12.0. The Labute approximate surface area is 115 Å². The molecule has 2 N–H and O–H groups in total. The molecule has 1 aromatic rings. The molecule has 0 saturated heterocycles. The van der Waals surface area contributed by atoms with Crippen LogP contribution in [0.25, 0.3) is 0 Å². The van der Waals surface area contributed by atoms with Crippen molar-refractivity contribution >= 4 is 21.8 Å². The molecule has 4 nitrogen and oxygen atoms in total. The number of hydrogen-bond acceptors (Lipinski definition) is 3. The maximum absolute atomic E-state index is 11.7. The molecule has 0 aliphatic carbocycles. The van der Waals surface area contributed by atoms with Crippen LogP contribution in [0, 0.1) is 0 Å². The zero-order valence-corrected chi connectivity index (χ0v) is 12.2. The molecule has 100 valence electrons. The van der Waals surface area contributed by atoms with Crippen molar-refractivity contribution in [1.29, 1.82) is 0 Å². The topological polar surface area (TPSA) is 58.6 Å². The fraction of sp³-hybridized carbons (Fsp3) is 0.462. The van der Waals surface area contributed by atoms with Gasteiger partial charge in [0.05, 0.1) is 19.6 Å². The van der Waals surface area contributed by atoms with Crippen LogP contribution in [0.15, 0.2) is 22.7 Å². The Morgan fingerprint density at radius 2 is 2.28 bits per heavy atom. The lowest BCUT2D eigenvalue weighted by molar-refractivity contribution is -0.120. The fourth-order valence-corrected chi connectivity index (χ4v) is 1.95. The maximum Gasteiger partial charge on any atom is 0.224 e. The van der Waals surface area contributed by atoms with Gasteiger partial charge in [0.15, 0.2) is 0 Å². The fourth-order valence-electron chi connectivity index (χ4n) is 1.54. The molecule has 0 aliphatic heterocycles. The molecule has 1 atom stereocenters. The average molecular weight is 316 g/mol. The first-order valence-corrected chi connectivity index (χ1v) is 6.59. The van der Waals surface area contributed by atoms with E-state index in [1.54, 1.807) is 14.0 Å². The van der Waals surface area contributed by atoms with Crippen molar-refractivity contribution in [3.63, 3.8) is 0 Å². The first-order valence-electron chi connectivity index (χ1n) is 5.80. The van der Waals surface area contributed by atoms with E-state index in [0.29, 0.717) is 18.7 Å². The second-order valence-corrected chi connectivity index (χ2v) is 5.04. The maximum atomic E-state index is 11.7.